The van der Waals surface area contributed by atoms with E-state index < -0.39 is 41.8 Å². The molecule has 8 nitrogen and oxygen atoms in total. The van der Waals surface area contributed by atoms with E-state index in [0.717, 1.165) is 16.8 Å². The Bertz CT molecular complexity index is 875. The number of benzene rings is 1. The molecule has 2 aromatic rings. The fourth-order valence-corrected chi connectivity index (χ4v) is 2.42. The summed E-state index contributed by atoms with van der Waals surface area (Å²) in [6.45, 7) is -2.49. The van der Waals surface area contributed by atoms with Crippen molar-refractivity contribution >= 4 is 28.9 Å². The molecule has 0 aliphatic carbocycles. The number of carbonyl (C=O) groups excluding carboxylic acids is 1. The molecule has 0 radical (unpaired) electrons. The second-order valence-corrected chi connectivity index (χ2v) is 5.51. The zero-order valence-electron chi connectivity index (χ0n) is 13.5. The summed E-state index contributed by atoms with van der Waals surface area (Å²) < 4.78 is 55.0. The van der Waals surface area contributed by atoms with E-state index in [0.29, 0.717) is 0 Å². The highest BCUT2D eigenvalue weighted by Gasteiger charge is 2.31. The molecule has 0 saturated heterocycles. The van der Waals surface area contributed by atoms with Gasteiger partial charge in [0.25, 0.3) is 6.43 Å². The molecule has 1 aromatic heterocycles. The fraction of sp³-hybridized carbons (Fsp3) is 0.286. The van der Waals surface area contributed by atoms with Gasteiger partial charge >= 0.3 is 12.3 Å². The maximum absolute atomic E-state index is 12.9. The van der Waals surface area contributed by atoms with Crippen LogP contribution >= 0.6 is 11.6 Å². The summed E-state index contributed by atoms with van der Waals surface area (Å²) >= 11 is 5.75. The van der Waals surface area contributed by atoms with Gasteiger partial charge in [0, 0.05) is 5.69 Å². The molecule has 1 amide bonds. The van der Waals surface area contributed by atoms with Crippen LogP contribution in [-0.2, 0) is 11.3 Å². The quantitative estimate of drug-likeness (QED) is 0.423. The van der Waals surface area contributed by atoms with Gasteiger partial charge in [0.05, 0.1) is 9.95 Å². The van der Waals surface area contributed by atoms with E-state index in [1.54, 1.807) is 0 Å². The van der Waals surface area contributed by atoms with Crippen LogP contribution < -0.4 is 10.1 Å². The van der Waals surface area contributed by atoms with Gasteiger partial charge in [0.1, 0.15) is 18.0 Å². The van der Waals surface area contributed by atoms with Gasteiger partial charge in [-0.2, -0.15) is 13.9 Å². The Morgan fingerprint density at radius 2 is 2.07 bits per heavy atom. The highest BCUT2D eigenvalue weighted by atomic mass is 35.5. The second-order valence-electron chi connectivity index (χ2n) is 5.11. The highest BCUT2D eigenvalue weighted by Crippen LogP contribution is 2.31. The molecule has 1 aromatic carbocycles. The second kappa shape index (κ2) is 8.20. The Labute approximate surface area is 153 Å². The molecular weight excluding hydrogens is 400 g/mol. The van der Waals surface area contributed by atoms with Crippen LogP contribution in [0, 0.1) is 17.0 Å². The number of carbonyl (C=O) groups is 1. The minimum absolute atomic E-state index is 0.111. The van der Waals surface area contributed by atoms with Crippen LogP contribution in [0.15, 0.2) is 18.2 Å². The minimum Gasteiger partial charge on any atom is -0.433 e. The number of hydrogen-bond donors (Lipinski definition) is 1. The van der Waals surface area contributed by atoms with Gasteiger partial charge in [-0.25, -0.2) is 8.78 Å². The van der Waals surface area contributed by atoms with Crippen LogP contribution in [-0.4, -0.2) is 27.2 Å². The molecule has 0 aliphatic rings. The van der Waals surface area contributed by atoms with E-state index in [9.17, 15) is 32.5 Å². The predicted molar refractivity (Wildman–Crippen MR) is 85.3 cm³/mol. The molecule has 2 rings (SSSR count). The van der Waals surface area contributed by atoms with Gasteiger partial charge in [-0.15, -0.1) is 0 Å². The van der Waals surface area contributed by atoms with Crippen LogP contribution in [0.1, 0.15) is 17.8 Å². The number of anilines is 1. The molecule has 0 aliphatic heterocycles. The first-order chi connectivity index (χ1) is 12.6. The van der Waals surface area contributed by atoms with Gasteiger partial charge in [-0.3, -0.25) is 19.6 Å². The summed E-state index contributed by atoms with van der Waals surface area (Å²) in [5.74, 6) is -1.06. The summed E-state index contributed by atoms with van der Waals surface area (Å²) in [6.07, 6.45) is -3.19. The molecule has 0 fully saturated rings. The number of ether oxygens (including phenoxy) is 1. The van der Waals surface area contributed by atoms with Crippen molar-refractivity contribution in [2.75, 3.05) is 5.32 Å². The topological polar surface area (TPSA) is 99.3 Å². The Morgan fingerprint density at radius 1 is 1.41 bits per heavy atom. The predicted octanol–water partition coefficient (Wildman–Crippen LogP) is 3.93. The number of aromatic nitrogens is 2. The highest BCUT2D eigenvalue weighted by molar-refractivity contribution is 6.32. The van der Waals surface area contributed by atoms with E-state index >= 15 is 0 Å². The molecule has 27 heavy (non-hydrogen) atoms. The lowest BCUT2D eigenvalue weighted by Gasteiger charge is -2.10. The summed E-state index contributed by atoms with van der Waals surface area (Å²) in [5, 5.41) is 16.5. The zero-order valence-corrected chi connectivity index (χ0v) is 14.2. The summed E-state index contributed by atoms with van der Waals surface area (Å²) in [6, 6.07) is 3.47. The number of rotatable bonds is 7. The molecule has 13 heteroatoms. The smallest absolute Gasteiger partial charge is 0.387 e. The summed E-state index contributed by atoms with van der Waals surface area (Å²) in [4.78, 5) is 22.0. The average molecular weight is 411 g/mol. The van der Waals surface area contributed by atoms with Crippen molar-refractivity contribution in [1.29, 1.82) is 0 Å². The third kappa shape index (κ3) is 4.84. The largest absolute Gasteiger partial charge is 0.433 e. The van der Waals surface area contributed by atoms with Crippen LogP contribution in [0.2, 0.25) is 5.02 Å². The van der Waals surface area contributed by atoms with Gasteiger partial charge in [-0.05, 0) is 25.1 Å². The van der Waals surface area contributed by atoms with Crippen molar-refractivity contribution in [3.63, 3.8) is 0 Å². The van der Waals surface area contributed by atoms with Crippen molar-refractivity contribution in [3.8, 4) is 5.75 Å². The van der Waals surface area contributed by atoms with E-state index in [1.165, 1.54) is 13.0 Å². The van der Waals surface area contributed by atoms with Crippen LogP contribution in [0.4, 0.5) is 28.9 Å². The van der Waals surface area contributed by atoms with Crippen molar-refractivity contribution < 1.29 is 32.0 Å². The van der Waals surface area contributed by atoms with Crippen LogP contribution in [0.25, 0.3) is 0 Å². The molecule has 0 bridgehead atoms. The number of nitrogens with zero attached hydrogens (tertiary/aromatic N) is 3. The maximum Gasteiger partial charge on any atom is 0.387 e. The molecule has 1 heterocycles. The molecule has 146 valence electrons. The standard InChI is InChI=1S/C14H11ClF4N4O4/c1-6-12(23(25)26)11(13(16)17)21-22(6)5-10(24)20-7-2-3-9(8(15)4-7)27-14(18)19/h2-4,13-14H,5H2,1H3,(H,20,24). The fourth-order valence-electron chi connectivity index (χ4n) is 2.19. The first kappa shape index (κ1) is 20.4. The first-order valence-corrected chi connectivity index (χ1v) is 7.52. The average Bonchev–Trinajstić information content (AvgIpc) is 2.87. The number of nitrogens with one attached hydrogen (secondary N) is 1. The summed E-state index contributed by atoms with van der Waals surface area (Å²) in [5.41, 5.74) is -2.01. The van der Waals surface area contributed by atoms with Crippen LogP contribution in [0.3, 0.4) is 0 Å². The minimum atomic E-state index is -3.19. The van der Waals surface area contributed by atoms with Crippen molar-refractivity contribution in [3.05, 3.63) is 44.7 Å². The van der Waals surface area contributed by atoms with E-state index in [4.69, 9.17) is 11.6 Å². The van der Waals surface area contributed by atoms with Gasteiger partial charge in [-0.1, -0.05) is 11.6 Å². The van der Waals surface area contributed by atoms with Crippen molar-refractivity contribution in [2.45, 2.75) is 26.5 Å². The van der Waals surface area contributed by atoms with Gasteiger partial charge in [0.15, 0.2) is 0 Å². The lowest BCUT2D eigenvalue weighted by atomic mass is 10.3. The number of hydrogen-bond acceptors (Lipinski definition) is 5. The Hall–Kier alpha value is -2.89. The van der Waals surface area contributed by atoms with E-state index in [2.05, 4.69) is 15.2 Å². The SMILES string of the molecule is Cc1c([N+](=O)[O-])c(C(F)F)nn1CC(=O)Nc1ccc(OC(F)F)c(Cl)c1. The lowest BCUT2D eigenvalue weighted by Crippen LogP contribution is -2.20. The van der Waals surface area contributed by atoms with Crippen molar-refractivity contribution in [1.82, 2.24) is 9.78 Å². The van der Waals surface area contributed by atoms with Gasteiger partial charge < -0.3 is 10.1 Å². The normalized spacial score (nSPS) is 11.1. The van der Waals surface area contributed by atoms with E-state index in [-0.39, 0.29) is 22.2 Å². The molecule has 0 spiro atoms. The molecule has 0 saturated carbocycles. The Balaban J connectivity index is 2.16. The lowest BCUT2D eigenvalue weighted by molar-refractivity contribution is -0.386. The maximum atomic E-state index is 12.9. The Morgan fingerprint density at radius 3 is 2.56 bits per heavy atom. The number of alkyl halides is 4. The molecule has 1 N–H and O–H groups in total. The van der Waals surface area contributed by atoms with Gasteiger partial charge in [0.2, 0.25) is 11.6 Å². The van der Waals surface area contributed by atoms with Crippen molar-refractivity contribution in [2.24, 2.45) is 0 Å². The Kier molecular flexibility index (Phi) is 6.20. The van der Waals surface area contributed by atoms with Crippen LogP contribution in [0.5, 0.6) is 5.75 Å². The summed E-state index contributed by atoms with van der Waals surface area (Å²) in [7, 11) is 0. The molecule has 0 atom stereocenters. The third-order valence-electron chi connectivity index (χ3n) is 3.32. The van der Waals surface area contributed by atoms with E-state index in [1.807, 2.05) is 0 Å². The zero-order chi connectivity index (χ0) is 20.3. The first-order valence-electron chi connectivity index (χ1n) is 7.14. The monoisotopic (exact) mass is 410 g/mol. The molecule has 0 unspecified atom stereocenters. The number of amides is 1. The number of halogens is 5. The molecular formula is C14H11ClF4N4O4. The third-order valence-corrected chi connectivity index (χ3v) is 3.61. The number of nitro groups is 1.